The predicted octanol–water partition coefficient (Wildman–Crippen LogP) is 5.06. The van der Waals surface area contributed by atoms with E-state index in [1.807, 2.05) is 42.5 Å². The molecule has 0 aliphatic heterocycles. The number of methoxy groups -OCH3 is 2. The van der Waals surface area contributed by atoms with Gasteiger partial charge in [-0.3, -0.25) is 9.78 Å². The Balaban J connectivity index is 1.56. The van der Waals surface area contributed by atoms with Gasteiger partial charge in [-0.25, -0.2) is 0 Å². The standard InChI is InChI=1S/C23H20N2O4S/c1-27-23(28-2)25-22(26)20-12-18-19(13-24-14-21(18)30-20)29-17-10-8-16(9-11-17)15-6-4-3-5-7-15/h3-14,23H,1-2H3,(H,25,26). The molecule has 0 aliphatic carbocycles. The van der Waals surface area contributed by atoms with Gasteiger partial charge in [0.1, 0.15) is 5.75 Å². The van der Waals surface area contributed by atoms with Crippen molar-refractivity contribution in [3.8, 4) is 22.6 Å². The van der Waals surface area contributed by atoms with Crippen LogP contribution in [0.2, 0.25) is 0 Å². The van der Waals surface area contributed by atoms with Crippen molar-refractivity contribution in [1.29, 1.82) is 0 Å². The minimum Gasteiger partial charge on any atom is -0.455 e. The lowest BCUT2D eigenvalue weighted by Crippen LogP contribution is -2.37. The molecule has 4 rings (SSSR count). The highest BCUT2D eigenvalue weighted by atomic mass is 32.1. The summed E-state index contributed by atoms with van der Waals surface area (Å²) in [5.41, 5.74) is 2.26. The lowest BCUT2D eigenvalue weighted by molar-refractivity contribution is -0.115. The van der Waals surface area contributed by atoms with Crippen LogP contribution in [0, 0.1) is 0 Å². The highest BCUT2D eigenvalue weighted by Crippen LogP contribution is 2.35. The zero-order chi connectivity index (χ0) is 20.9. The summed E-state index contributed by atoms with van der Waals surface area (Å²) < 4.78 is 17.0. The summed E-state index contributed by atoms with van der Waals surface area (Å²) in [4.78, 5) is 17.2. The van der Waals surface area contributed by atoms with Crippen molar-refractivity contribution in [3.05, 3.63) is 77.9 Å². The first-order valence-electron chi connectivity index (χ1n) is 9.25. The third-order valence-electron chi connectivity index (χ3n) is 4.50. The molecule has 0 atom stereocenters. The van der Waals surface area contributed by atoms with Gasteiger partial charge in [-0.15, -0.1) is 11.3 Å². The fraction of sp³-hybridized carbons (Fsp3) is 0.130. The number of carbonyl (C=O) groups is 1. The number of amides is 1. The number of hydrogen-bond donors (Lipinski definition) is 1. The van der Waals surface area contributed by atoms with Crippen LogP contribution in [-0.4, -0.2) is 31.5 Å². The van der Waals surface area contributed by atoms with Crippen molar-refractivity contribution >= 4 is 27.3 Å². The van der Waals surface area contributed by atoms with E-state index >= 15 is 0 Å². The summed E-state index contributed by atoms with van der Waals surface area (Å²) in [5.74, 6) is 0.994. The molecule has 0 fully saturated rings. The number of nitrogens with zero attached hydrogens (tertiary/aromatic N) is 1. The Hall–Kier alpha value is -3.26. The molecule has 2 aromatic heterocycles. The summed E-state index contributed by atoms with van der Waals surface area (Å²) in [6.07, 6.45) is 2.56. The fourth-order valence-electron chi connectivity index (χ4n) is 2.99. The van der Waals surface area contributed by atoms with Crippen LogP contribution in [0.3, 0.4) is 0 Å². The lowest BCUT2D eigenvalue weighted by Gasteiger charge is -2.13. The average molecular weight is 420 g/mol. The second kappa shape index (κ2) is 9.04. The number of pyridine rings is 1. The molecular weight excluding hydrogens is 400 g/mol. The van der Waals surface area contributed by atoms with Gasteiger partial charge >= 0.3 is 0 Å². The molecule has 0 saturated heterocycles. The number of ether oxygens (including phenoxy) is 3. The summed E-state index contributed by atoms with van der Waals surface area (Å²) in [6.45, 7) is 0. The van der Waals surface area contributed by atoms with Crippen molar-refractivity contribution in [1.82, 2.24) is 10.3 Å². The number of benzene rings is 2. The minimum absolute atomic E-state index is 0.289. The number of rotatable bonds is 7. The van der Waals surface area contributed by atoms with Crippen LogP contribution in [0.1, 0.15) is 9.67 Å². The maximum atomic E-state index is 12.5. The molecule has 0 aliphatic rings. The third kappa shape index (κ3) is 4.33. The smallest absolute Gasteiger partial charge is 0.265 e. The van der Waals surface area contributed by atoms with Crippen LogP contribution in [0.5, 0.6) is 11.5 Å². The minimum atomic E-state index is -0.806. The second-order valence-corrected chi connectivity index (χ2v) is 7.51. The number of nitrogens with one attached hydrogen (secondary N) is 1. The van der Waals surface area contributed by atoms with E-state index in [-0.39, 0.29) is 5.91 Å². The first-order chi connectivity index (χ1) is 14.7. The van der Waals surface area contributed by atoms with Crippen molar-refractivity contribution in [2.45, 2.75) is 6.41 Å². The molecule has 1 amide bonds. The van der Waals surface area contributed by atoms with Crippen LogP contribution in [-0.2, 0) is 9.47 Å². The normalized spacial score (nSPS) is 11.0. The SMILES string of the molecule is COC(NC(=O)c1cc2c(Oc3ccc(-c4ccccc4)cc3)cncc2s1)OC. The van der Waals surface area contributed by atoms with E-state index < -0.39 is 6.41 Å². The molecule has 0 bridgehead atoms. The molecule has 7 heteroatoms. The molecule has 6 nitrogen and oxygen atoms in total. The van der Waals surface area contributed by atoms with Gasteiger partial charge in [0, 0.05) is 25.8 Å². The third-order valence-corrected chi connectivity index (χ3v) is 5.57. The van der Waals surface area contributed by atoms with Crippen LogP contribution in [0.25, 0.3) is 21.2 Å². The van der Waals surface area contributed by atoms with Crippen molar-refractivity contribution in [2.75, 3.05) is 14.2 Å². The van der Waals surface area contributed by atoms with E-state index in [1.165, 1.54) is 25.6 Å². The van der Waals surface area contributed by atoms with Crippen molar-refractivity contribution in [3.63, 3.8) is 0 Å². The largest absolute Gasteiger partial charge is 0.455 e. The van der Waals surface area contributed by atoms with E-state index in [9.17, 15) is 4.79 Å². The van der Waals surface area contributed by atoms with Gasteiger partial charge in [-0.05, 0) is 29.3 Å². The molecule has 0 radical (unpaired) electrons. The molecular formula is C23H20N2O4S. The van der Waals surface area contributed by atoms with Crippen molar-refractivity contribution < 1.29 is 19.0 Å². The van der Waals surface area contributed by atoms with Gasteiger partial charge in [0.05, 0.1) is 15.8 Å². The van der Waals surface area contributed by atoms with Gasteiger partial charge in [0.25, 0.3) is 5.91 Å². The fourth-order valence-corrected chi connectivity index (χ4v) is 3.94. The lowest BCUT2D eigenvalue weighted by atomic mass is 10.1. The Bertz CT molecular complexity index is 1140. The van der Waals surface area contributed by atoms with Crippen molar-refractivity contribution in [2.24, 2.45) is 0 Å². The first kappa shape index (κ1) is 20.0. The maximum absolute atomic E-state index is 12.5. The Morgan fingerprint density at radius 1 is 0.967 bits per heavy atom. The average Bonchev–Trinajstić information content (AvgIpc) is 3.24. The molecule has 2 aromatic carbocycles. The number of hydrogen-bond acceptors (Lipinski definition) is 6. The molecule has 0 unspecified atom stereocenters. The van der Waals surface area contributed by atoms with Crippen LogP contribution < -0.4 is 10.1 Å². The molecule has 0 spiro atoms. The predicted molar refractivity (Wildman–Crippen MR) is 117 cm³/mol. The highest BCUT2D eigenvalue weighted by Gasteiger charge is 2.17. The number of aromatic nitrogens is 1. The van der Waals surface area contributed by atoms with Gasteiger partial charge in [0.15, 0.2) is 5.75 Å². The monoisotopic (exact) mass is 420 g/mol. The first-order valence-corrected chi connectivity index (χ1v) is 10.1. The van der Waals surface area contributed by atoms with Crippen LogP contribution in [0.15, 0.2) is 73.1 Å². The molecule has 0 saturated carbocycles. The van der Waals surface area contributed by atoms with E-state index in [0.717, 1.165) is 21.2 Å². The Morgan fingerprint density at radius 2 is 1.67 bits per heavy atom. The molecule has 2 heterocycles. The van der Waals surface area contributed by atoms with E-state index in [1.54, 1.807) is 18.5 Å². The van der Waals surface area contributed by atoms with Crippen LogP contribution >= 0.6 is 11.3 Å². The molecule has 152 valence electrons. The summed E-state index contributed by atoms with van der Waals surface area (Å²) in [6, 6.07) is 19.8. The topological polar surface area (TPSA) is 69.7 Å². The Morgan fingerprint density at radius 3 is 2.37 bits per heavy atom. The van der Waals surface area contributed by atoms with Gasteiger partial charge < -0.3 is 19.5 Å². The molecule has 4 aromatic rings. The summed E-state index contributed by atoms with van der Waals surface area (Å²) >= 11 is 1.33. The second-order valence-electron chi connectivity index (χ2n) is 6.43. The van der Waals surface area contributed by atoms with Gasteiger partial charge in [-0.2, -0.15) is 0 Å². The zero-order valence-electron chi connectivity index (χ0n) is 16.5. The van der Waals surface area contributed by atoms with Crippen LogP contribution in [0.4, 0.5) is 0 Å². The van der Waals surface area contributed by atoms with E-state index in [2.05, 4.69) is 22.4 Å². The van der Waals surface area contributed by atoms with Gasteiger partial charge in [0.2, 0.25) is 6.41 Å². The highest BCUT2D eigenvalue weighted by molar-refractivity contribution is 7.20. The Kier molecular flexibility index (Phi) is 6.04. The molecule has 30 heavy (non-hydrogen) atoms. The number of carbonyl (C=O) groups excluding carboxylic acids is 1. The quantitative estimate of drug-likeness (QED) is 0.423. The Labute approximate surface area is 178 Å². The zero-order valence-corrected chi connectivity index (χ0v) is 17.3. The maximum Gasteiger partial charge on any atom is 0.265 e. The van der Waals surface area contributed by atoms with E-state index in [4.69, 9.17) is 14.2 Å². The number of fused-ring (bicyclic) bond motifs is 1. The molecule has 1 N–H and O–H groups in total. The number of thiophene rings is 1. The van der Waals surface area contributed by atoms with E-state index in [0.29, 0.717) is 16.4 Å². The van der Waals surface area contributed by atoms with Gasteiger partial charge in [-0.1, -0.05) is 42.5 Å². The summed E-state index contributed by atoms with van der Waals surface area (Å²) in [5, 5.41) is 3.47. The summed E-state index contributed by atoms with van der Waals surface area (Å²) in [7, 11) is 2.91.